The Morgan fingerprint density at radius 1 is 1.50 bits per heavy atom. The highest BCUT2D eigenvalue weighted by molar-refractivity contribution is 6.30. The standard InChI is InChI=1S/C14H13ClFN3O/c15-11-5-9(1-2-12(11)16)14(19-4-3-17-8-19)10-6-13(20)18-7-10/h1-5,8,10,14H,6-7H2,(H,18,20). The van der Waals surface area contributed by atoms with Crippen molar-refractivity contribution >= 4 is 17.5 Å². The summed E-state index contributed by atoms with van der Waals surface area (Å²) in [5.74, 6) is -0.313. The first-order valence-electron chi connectivity index (χ1n) is 6.34. The number of nitrogens with one attached hydrogen (secondary N) is 1. The molecule has 1 N–H and O–H groups in total. The van der Waals surface area contributed by atoms with Gasteiger partial charge in [0.2, 0.25) is 5.91 Å². The largest absolute Gasteiger partial charge is 0.356 e. The van der Waals surface area contributed by atoms with E-state index in [2.05, 4.69) is 10.3 Å². The highest BCUT2D eigenvalue weighted by atomic mass is 35.5. The fourth-order valence-electron chi connectivity index (χ4n) is 2.67. The third kappa shape index (κ3) is 2.41. The Bertz CT molecular complexity index is 629. The van der Waals surface area contributed by atoms with Gasteiger partial charge in [0.25, 0.3) is 0 Å². The number of benzene rings is 1. The summed E-state index contributed by atoms with van der Waals surface area (Å²) < 4.78 is 15.3. The van der Waals surface area contributed by atoms with E-state index in [9.17, 15) is 9.18 Å². The van der Waals surface area contributed by atoms with Crippen LogP contribution in [0.15, 0.2) is 36.9 Å². The molecule has 1 aliphatic heterocycles. The van der Waals surface area contributed by atoms with Crippen LogP contribution < -0.4 is 5.32 Å². The van der Waals surface area contributed by atoms with Gasteiger partial charge in [-0.2, -0.15) is 0 Å². The molecule has 1 aliphatic rings. The van der Waals surface area contributed by atoms with E-state index < -0.39 is 5.82 Å². The molecule has 0 bridgehead atoms. The van der Waals surface area contributed by atoms with Crippen LogP contribution in [0.25, 0.3) is 0 Å². The van der Waals surface area contributed by atoms with E-state index >= 15 is 0 Å². The number of hydrogen-bond donors (Lipinski definition) is 1. The molecule has 104 valence electrons. The van der Waals surface area contributed by atoms with E-state index in [0.717, 1.165) is 5.56 Å². The molecule has 2 atom stereocenters. The maximum absolute atomic E-state index is 13.3. The Kier molecular flexibility index (Phi) is 3.44. The molecule has 2 unspecified atom stereocenters. The number of halogens is 2. The summed E-state index contributed by atoms with van der Waals surface area (Å²) in [6.45, 7) is 0.594. The zero-order valence-electron chi connectivity index (χ0n) is 10.6. The second-order valence-corrected chi connectivity index (χ2v) is 5.30. The van der Waals surface area contributed by atoms with E-state index in [1.807, 2.05) is 10.8 Å². The molecule has 6 heteroatoms. The van der Waals surface area contributed by atoms with Crippen molar-refractivity contribution in [2.45, 2.75) is 12.5 Å². The molecule has 0 radical (unpaired) electrons. The molecule has 1 fully saturated rings. The fraction of sp³-hybridized carbons (Fsp3) is 0.286. The van der Waals surface area contributed by atoms with Crippen molar-refractivity contribution in [3.05, 3.63) is 53.3 Å². The van der Waals surface area contributed by atoms with Gasteiger partial charge >= 0.3 is 0 Å². The first-order valence-corrected chi connectivity index (χ1v) is 6.72. The smallest absolute Gasteiger partial charge is 0.220 e. The topological polar surface area (TPSA) is 46.9 Å². The summed E-state index contributed by atoms with van der Waals surface area (Å²) in [6.07, 6.45) is 5.66. The molecule has 2 aromatic rings. The van der Waals surface area contributed by atoms with Crippen LogP contribution in [0.3, 0.4) is 0 Å². The minimum atomic E-state index is -0.444. The van der Waals surface area contributed by atoms with Crippen molar-refractivity contribution in [3.8, 4) is 0 Å². The molecular formula is C14H13ClFN3O. The average molecular weight is 294 g/mol. The molecule has 1 saturated heterocycles. The summed E-state index contributed by atoms with van der Waals surface area (Å²) in [5, 5.41) is 2.92. The lowest BCUT2D eigenvalue weighted by Crippen LogP contribution is -2.22. The van der Waals surface area contributed by atoms with Gasteiger partial charge in [0.15, 0.2) is 0 Å². The summed E-state index contributed by atoms with van der Waals surface area (Å²) in [6, 6.07) is 4.58. The van der Waals surface area contributed by atoms with E-state index in [0.29, 0.717) is 13.0 Å². The van der Waals surface area contributed by atoms with Gasteiger partial charge in [0.1, 0.15) is 5.82 Å². The maximum Gasteiger partial charge on any atom is 0.220 e. The van der Waals surface area contributed by atoms with Gasteiger partial charge < -0.3 is 9.88 Å². The monoisotopic (exact) mass is 293 g/mol. The summed E-state index contributed by atoms with van der Waals surface area (Å²) in [5.41, 5.74) is 0.871. The van der Waals surface area contributed by atoms with Gasteiger partial charge in [-0.3, -0.25) is 4.79 Å². The van der Waals surface area contributed by atoms with Crippen LogP contribution >= 0.6 is 11.6 Å². The number of carbonyl (C=O) groups is 1. The zero-order valence-corrected chi connectivity index (χ0v) is 11.3. The fourth-order valence-corrected chi connectivity index (χ4v) is 2.86. The number of aromatic nitrogens is 2. The van der Waals surface area contributed by atoms with Crippen molar-refractivity contribution in [1.82, 2.24) is 14.9 Å². The minimum Gasteiger partial charge on any atom is -0.356 e. The predicted octanol–water partition coefficient (Wildman–Crippen LogP) is 2.40. The molecular weight excluding hydrogens is 281 g/mol. The number of hydrogen-bond acceptors (Lipinski definition) is 2. The third-order valence-corrected chi connectivity index (χ3v) is 3.88. The van der Waals surface area contributed by atoms with Gasteiger partial charge in [-0.05, 0) is 17.7 Å². The van der Waals surface area contributed by atoms with Crippen molar-refractivity contribution in [1.29, 1.82) is 0 Å². The highest BCUT2D eigenvalue weighted by Crippen LogP contribution is 2.32. The first-order chi connectivity index (χ1) is 9.65. The van der Waals surface area contributed by atoms with Crippen LogP contribution in [0.2, 0.25) is 5.02 Å². The highest BCUT2D eigenvalue weighted by Gasteiger charge is 2.31. The lowest BCUT2D eigenvalue weighted by molar-refractivity contribution is -0.119. The molecule has 3 rings (SSSR count). The molecule has 20 heavy (non-hydrogen) atoms. The SMILES string of the molecule is O=C1CC(C(c2ccc(F)c(Cl)c2)n2ccnc2)CN1. The van der Waals surface area contributed by atoms with Crippen molar-refractivity contribution in [2.24, 2.45) is 5.92 Å². The zero-order chi connectivity index (χ0) is 14.1. The Hall–Kier alpha value is -1.88. The molecule has 0 spiro atoms. The van der Waals surface area contributed by atoms with Crippen LogP contribution in [-0.4, -0.2) is 22.0 Å². The maximum atomic E-state index is 13.3. The quantitative estimate of drug-likeness (QED) is 0.944. The average Bonchev–Trinajstić information content (AvgIpc) is 3.07. The number of carbonyl (C=O) groups excluding carboxylic acids is 1. The predicted molar refractivity (Wildman–Crippen MR) is 72.9 cm³/mol. The van der Waals surface area contributed by atoms with E-state index in [4.69, 9.17) is 11.6 Å². The van der Waals surface area contributed by atoms with Crippen LogP contribution in [0, 0.1) is 11.7 Å². The Labute approximate surface area is 120 Å². The Morgan fingerprint density at radius 2 is 2.35 bits per heavy atom. The van der Waals surface area contributed by atoms with Crippen LogP contribution in [0.4, 0.5) is 4.39 Å². The van der Waals surface area contributed by atoms with Gasteiger partial charge in [-0.25, -0.2) is 9.37 Å². The lowest BCUT2D eigenvalue weighted by Gasteiger charge is -2.24. The second kappa shape index (κ2) is 5.25. The van der Waals surface area contributed by atoms with Crippen LogP contribution in [-0.2, 0) is 4.79 Å². The second-order valence-electron chi connectivity index (χ2n) is 4.90. The summed E-state index contributed by atoms with van der Waals surface area (Å²) in [7, 11) is 0. The summed E-state index contributed by atoms with van der Waals surface area (Å²) in [4.78, 5) is 15.5. The summed E-state index contributed by atoms with van der Waals surface area (Å²) >= 11 is 5.87. The molecule has 1 amide bonds. The molecule has 4 nitrogen and oxygen atoms in total. The van der Waals surface area contributed by atoms with E-state index in [1.54, 1.807) is 24.7 Å². The number of rotatable bonds is 3. The molecule has 1 aromatic carbocycles. The Balaban J connectivity index is 2.01. The Morgan fingerprint density at radius 3 is 2.95 bits per heavy atom. The molecule has 0 saturated carbocycles. The third-order valence-electron chi connectivity index (χ3n) is 3.59. The normalized spacial score (nSPS) is 19.9. The van der Waals surface area contributed by atoms with Crippen molar-refractivity contribution in [3.63, 3.8) is 0 Å². The first kappa shape index (κ1) is 13.1. The number of imidazole rings is 1. The van der Waals surface area contributed by atoms with Crippen LogP contribution in [0.5, 0.6) is 0 Å². The minimum absolute atomic E-state index is 0.0355. The van der Waals surface area contributed by atoms with Gasteiger partial charge in [-0.15, -0.1) is 0 Å². The number of amides is 1. The van der Waals surface area contributed by atoms with Crippen LogP contribution in [0.1, 0.15) is 18.0 Å². The molecule has 0 aliphatic carbocycles. The lowest BCUT2D eigenvalue weighted by atomic mass is 9.92. The van der Waals surface area contributed by atoms with E-state index in [-0.39, 0.29) is 22.9 Å². The van der Waals surface area contributed by atoms with E-state index in [1.165, 1.54) is 6.07 Å². The number of nitrogens with zero attached hydrogens (tertiary/aromatic N) is 2. The molecule has 1 aromatic heterocycles. The van der Waals surface area contributed by atoms with Gasteiger partial charge in [0.05, 0.1) is 17.4 Å². The van der Waals surface area contributed by atoms with Crippen molar-refractivity contribution < 1.29 is 9.18 Å². The van der Waals surface area contributed by atoms with Gasteiger partial charge in [0, 0.05) is 31.3 Å². The van der Waals surface area contributed by atoms with Crippen molar-refractivity contribution in [2.75, 3.05) is 6.54 Å². The van der Waals surface area contributed by atoms with Gasteiger partial charge in [-0.1, -0.05) is 17.7 Å². The molecule has 2 heterocycles.